The van der Waals surface area contributed by atoms with Crippen LogP contribution in [0.5, 0.6) is 11.5 Å². The van der Waals surface area contributed by atoms with Crippen LogP contribution in [0.25, 0.3) is 0 Å². The molecule has 1 fully saturated rings. The Morgan fingerprint density at radius 2 is 2.12 bits per heavy atom. The van der Waals surface area contributed by atoms with Crippen molar-refractivity contribution in [3.8, 4) is 11.5 Å². The molecular formula is C14H21NO2. The number of hydrogen-bond acceptors (Lipinski definition) is 3. The molecule has 1 aromatic rings. The lowest BCUT2D eigenvalue weighted by Crippen LogP contribution is -2.30. The van der Waals surface area contributed by atoms with Crippen LogP contribution in [0.3, 0.4) is 0 Å². The van der Waals surface area contributed by atoms with E-state index >= 15 is 0 Å². The van der Waals surface area contributed by atoms with Crippen molar-refractivity contribution < 1.29 is 9.47 Å². The van der Waals surface area contributed by atoms with Crippen molar-refractivity contribution in [3.05, 3.63) is 23.8 Å². The van der Waals surface area contributed by atoms with Crippen molar-refractivity contribution in [2.75, 3.05) is 13.7 Å². The minimum atomic E-state index is 0.159. The number of hydrogen-bond donors (Lipinski definition) is 1. The van der Waals surface area contributed by atoms with Gasteiger partial charge in [-0.2, -0.15) is 0 Å². The molecule has 1 aliphatic rings. The maximum atomic E-state index is 5.88. The topological polar surface area (TPSA) is 30.5 Å². The molecule has 1 unspecified atom stereocenters. The van der Waals surface area contributed by atoms with E-state index in [0.717, 1.165) is 24.1 Å². The molecule has 1 aliphatic carbocycles. The first-order valence-electron chi connectivity index (χ1n) is 6.23. The molecule has 3 nitrogen and oxygen atoms in total. The maximum Gasteiger partial charge on any atom is 0.161 e. The van der Waals surface area contributed by atoms with E-state index < -0.39 is 0 Å². The summed E-state index contributed by atoms with van der Waals surface area (Å²) in [6.07, 6.45) is 2.77. The molecule has 0 radical (unpaired) electrons. The zero-order chi connectivity index (χ0) is 12.3. The summed E-state index contributed by atoms with van der Waals surface area (Å²) < 4.78 is 11.2. The normalized spacial score (nSPS) is 16.6. The molecule has 94 valence electrons. The van der Waals surface area contributed by atoms with Crippen LogP contribution in [0, 0.1) is 6.92 Å². The van der Waals surface area contributed by atoms with E-state index in [4.69, 9.17) is 9.47 Å². The van der Waals surface area contributed by atoms with Gasteiger partial charge in [-0.15, -0.1) is 0 Å². The van der Waals surface area contributed by atoms with E-state index in [1.54, 1.807) is 7.11 Å². The smallest absolute Gasteiger partial charge is 0.161 e. The van der Waals surface area contributed by atoms with Gasteiger partial charge in [-0.05, 0) is 44.4 Å². The molecule has 0 aromatic heterocycles. The van der Waals surface area contributed by atoms with Gasteiger partial charge in [0.25, 0.3) is 0 Å². The molecule has 0 saturated heterocycles. The van der Waals surface area contributed by atoms with Gasteiger partial charge in [0.2, 0.25) is 0 Å². The van der Waals surface area contributed by atoms with E-state index in [9.17, 15) is 0 Å². The van der Waals surface area contributed by atoms with Crippen molar-refractivity contribution in [2.45, 2.75) is 38.8 Å². The summed E-state index contributed by atoms with van der Waals surface area (Å²) in [5.41, 5.74) is 1.18. The molecule has 17 heavy (non-hydrogen) atoms. The fourth-order valence-electron chi connectivity index (χ4n) is 1.75. The first-order valence-corrected chi connectivity index (χ1v) is 6.23. The van der Waals surface area contributed by atoms with Crippen LogP contribution in [0.1, 0.15) is 25.3 Å². The van der Waals surface area contributed by atoms with Crippen LogP contribution < -0.4 is 14.8 Å². The van der Waals surface area contributed by atoms with Gasteiger partial charge in [-0.25, -0.2) is 0 Å². The maximum absolute atomic E-state index is 5.88. The molecule has 1 N–H and O–H groups in total. The van der Waals surface area contributed by atoms with Gasteiger partial charge in [-0.1, -0.05) is 6.07 Å². The molecule has 0 aliphatic heterocycles. The van der Waals surface area contributed by atoms with Gasteiger partial charge in [0.05, 0.1) is 7.11 Å². The summed E-state index contributed by atoms with van der Waals surface area (Å²) in [5, 5.41) is 3.46. The molecule has 2 rings (SSSR count). The Morgan fingerprint density at radius 1 is 1.35 bits per heavy atom. The summed E-state index contributed by atoms with van der Waals surface area (Å²) in [5.74, 6) is 1.63. The second-order valence-electron chi connectivity index (χ2n) is 4.77. The SMILES string of the molecule is COc1cc(C)ccc1OC(C)CNC1CC1. The molecule has 1 atom stereocenters. The zero-order valence-corrected chi connectivity index (χ0v) is 10.8. The fraction of sp³-hybridized carbons (Fsp3) is 0.571. The Kier molecular flexibility index (Phi) is 3.89. The first kappa shape index (κ1) is 12.2. The summed E-state index contributed by atoms with van der Waals surface area (Å²) in [6, 6.07) is 6.73. The van der Waals surface area contributed by atoms with Crippen molar-refractivity contribution in [3.63, 3.8) is 0 Å². The molecule has 3 heteroatoms. The van der Waals surface area contributed by atoms with Crippen molar-refractivity contribution >= 4 is 0 Å². The minimum absolute atomic E-state index is 0.159. The third-order valence-electron chi connectivity index (χ3n) is 2.92. The van der Waals surface area contributed by atoms with Gasteiger partial charge >= 0.3 is 0 Å². The van der Waals surface area contributed by atoms with Crippen LogP contribution in [-0.2, 0) is 0 Å². The first-order chi connectivity index (χ1) is 8.19. The highest BCUT2D eigenvalue weighted by Gasteiger charge is 2.21. The predicted octanol–water partition coefficient (Wildman–Crippen LogP) is 2.52. The molecule has 0 heterocycles. The number of nitrogens with one attached hydrogen (secondary N) is 1. The van der Waals surface area contributed by atoms with Crippen LogP contribution in [0.2, 0.25) is 0 Å². The summed E-state index contributed by atoms with van der Waals surface area (Å²) >= 11 is 0. The highest BCUT2D eigenvalue weighted by Crippen LogP contribution is 2.28. The lowest BCUT2D eigenvalue weighted by Gasteiger charge is -2.17. The zero-order valence-electron chi connectivity index (χ0n) is 10.8. The van der Waals surface area contributed by atoms with Gasteiger partial charge in [-0.3, -0.25) is 0 Å². The number of methoxy groups -OCH3 is 1. The van der Waals surface area contributed by atoms with Crippen LogP contribution in [0.4, 0.5) is 0 Å². The Hall–Kier alpha value is -1.22. The molecule has 1 aromatic carbocycles. The number of ether oxygens (including phenoxy) is 2. The monoisotopic (exact) mass is 235 g/mol. The van der Waals surface area contributed by atoms with Gasteiger partial charge in [0, 0.05) is 12.6 Å². The van der Waals surface area contributed by atoms with Gasteiger partial charge in [0.15, 0.2) is 11.5 Å². The van der Waals surface area contributed by atoms with Crippen molar-refractivity contribution in [1.82, 2.24) is 5.32 Å². The third kappa shape index (κ3) is 3.63. The Morgan fingerprint density at radius 3 is 2.76 bits per heavy atom. The molecule has 0 amide bonds. The number of rotatable bonds is 6. The largest absolute Gasteiger partial charge is 0.493 e. The highest BCUT2D eigenvalue weighted by molar-refractivity contribution is 5.42. The van der Waals surface area contributed by atoms with E-state index in [-0.39, 0.29) is 6.10 Å². The van der Waals surface area contributed by atoms with Gasteiger partial charge in [0.1, 0.15) is 6.10 Å². The molecular weight excluding hydrogens is 214 g/mol. The number of benzene rings is 1. The predicted molar refractivity (Wildman–Crippen MR) is 68.8 cm³/mol. The van der Waals surface area contributed by atoms with Crippen LogP contribution >= 0.6 is 0 Å². The van der Waals surface area contributed by atoms with E-state index in [1.807, 2.05) is 25.1 Å². The molecule has 0 spiro atoms. The Balaban J connectivity index is 1.91. The lowest BCUT2D eigenvalue weighted by molar-refractivity contribution is 0.207. The van der Waals surface area contributed by atoms with Crippen LogP contribution in [0.15, 0.2) is 18.2 Å². The van der Waals surface area contributed by atoms with E-state index in [0.29, 0.717) is 0 Å². The standard InChI is InChI=1S/C14H21NO2/c1-10-4-7-13(14(8-10)16-3)17-11(2)9-15-12-5-6-12/h4,7-8,11-12,15H,5-6,9H2,1-3H3. The highest BCUT2D eigenvalue weighted by atomic mass is 16.5. The average molecular weight is 235 g/mol. The second kappa shape index (κ2) is 5.41. The minimum Gasteiger partial charge on any atom is -0.493 e. The Labute approximate surface area is 103 Å². The summed E-state index contributed by atoms with van der Waals surface area (Å²) in [4.78, 5) is 0. The summed E-state index contributed by atoms with van der Waals surface area (Å²) in [6.45, 7) is 5.01. The van der Waals surface area contributed by atoms with Crippen molar-refractivity contribution in [1.29, 1.82) is 0 Å². The lowest BCUT2D eigenvalue weighted by atomic mass is 10.2. The quantitative estimate of drug-likeness (QED) is 0.822. The van der Waals surface area contributed by atoms with Crippen molar-refractivity contribution in [2.24, 2.45) is 0 Å². The Bertz CT molecular complexity index is 374. The molecule has 0 bridgehead atoms. The molecule has 1 saturated carbocycles. The third-order valence-corrected chi connectivity index (χ3v) is 2.92. The van der Waals surface area contributed by atoms with E-state index in [2.05, 4.69) is 12.2 Å². The number of aryl methyl sites for hydroxylation is 1. The van der Waals surface area contributed by atoms with Crippen LogP contribution in [-0.4, -0.2) is 25.8 Å². The fourth-order valence-corrected chi connectivity index (χ4v) is 1.75. The summed E-state index contributed by atoms with van der Waals surface area (Å²) in [7, 11) is 1.68. The second-order valence-corrected chi connectivity index (χ2v) is 4.77. The van der Waals surface area contributed by atoms with Gasteiger partial charge < -0.3 is 14.8 Å². The average Bonchev–Trinajstić information content (AvgIpc) is 3.12. The van der Waals surface area contributed by atoms with E-state index in [1.165, 1.54) is 18.4 Å².